The van der Waals surface area contributed by atoms with Crippen molar-refractivity contribution in [3.63, 3.8) is 0 Å². The van der Waals surface area contributed by atoms with E-state index >= 15 is 0 Å². The number of allylic oxidation sites excluding steroid dienone is 3. The van der Waals surface area contributed by atoms with Crippen LogP contribution in [0.1, 0.15) is 309 Å². The van der Waals surface area contributed by atoms with Crippen molar-refractivity contribution in [3.05, 3.63) is 24.3 Å². The van der Waals surface area contributed by atoms with Crippen molar-refractivity contribution in [2.75, 3.05) is 19.8 Å². The molecule has 0 aliphatic carbocycles. The maximum atomic E-state index is 13.2. The van der Waals surface area contributed by atoms with Crippen LogP contribution in [0.4, 0.5) is 0 Å². The Labute approximate surface area is 500 Å². The molecule has 12 unspecified atom stereocenters. The maximum Gasteiger partial charge on any atom is 0.220 e. The molecule has 14 heteroatoms. The van der Waals surface area contributed by atoms with Crippen LogP contribution in [0.3, 0.4) is 0 Å². The van der Waals surface area contributed by atoms with Crippen molar-refractivity contribution < 1.29 is 64.6 Å². The fraction of sp³-hybridized carbons (Fsp3) is 0.926. The Balaban J connectivity index is 1.48. The lowest BCUT2D eigenvalue weighted by Crippen LogP contribution is -2.65. The first-order valence-electron chi connectivity index (χ1n) is 34.6. The number of aliphatic hydroxyl groups is 8. The van der Waals surface area contributed by atoms with Gasteiger partial charge in [-0.25, -0.2) is 0 Å². The highest BCUT2D eigenvalue weighted by atomic mass is 16.7. The third-order valence-corrected chi connectivity index (χ3v) is 17.1. The minimum absolute atomic E-state index is 0.247. The molecule has 2 aliphatic rings. The molecule has 0 spiro atoms. The smallest absolute Gasteiger partial charge is 0.220 e. The zero-order chi connectivity index (χ0) is 59.5. The van der Waals surface area contributed by atoms with E-state index in [2.05, 4.69) is 31.3 Å². The number of nitrogens with one attached hydrogen (secondary N) is 1. The zero-order valence-electron chi connectivity index (χ0n) is 52.5. The second-order valence-electron chi connectivity index (χ2n) is 24.7. The Kier molecular flexibility index (Phi) is 50.1. The van der Waals surface area contributed by atoms with Crippen molar-refractivity contribution in [3.8, 4) is 0 Å². The summed E-state index contributed by atoms with van der Waals surface area (Å²) in [5, 5.41) is 86.8. The number of carbonyl (C=O) groups is 1. The van der Waals surface area contributed by atoms with Crippen LogP contribution in [-0.2, 0) is 23.7 Å². The number of carbonyl (C=O) groups excluding carboxylic acids is 1. The van der Waals surface area contributed by atoms with E-state index in [1.54, 1.807) is 6.08 Å². The van der Waals surface area contributed by atoms with Gasteiger partial charge in [0.1, 0.15) is 48.8 Å². The first kappa shape index (κ1) is 76.6. The molecule has 2 aliphatic heterocycles. The first-order chi connectivity index (χ1) is 40.1. The average Bonchev–Trinajstić information content (AvgIpc) is 3.64. The molecule has 484 valence electrons. The zero-order valence-corrected chi connectivity index (χ0v) is 52.5. The van der Waals surface area contributed by atoms with Crippen LogP contribution in [0.2, 0.25) is 0 Å². The molecule has 0 saturated carbocycles. The number of rotatable bonds is 57. The number of unbranched alkanes of at least 4 members (excludes halogenated alkanes) is 42. The summed E-state index contributed by atoms with van der Waals surface area (Å²) in [5.41, 5.74) is 0. The third kappa shape index (κ3) is 37.9. The van der Waals surface area contributed by atoms with Crippen LogP contribution < -0.4 is 5.32 Å². The van der Waals surface area contributed by atoms with Gasteiger partial charge in [0.05, 0.1) is 32.0 Å². The molecule has 82 heavy (non-hydrogen) atoms. The van der Waals surface area contributed by atoms with Crippen molar-refractivity contribution in [1.82, 2.24) is 5.32 Å². The molecule has 2 heterocycles. The van der Waals surface area contributed by atoms with Crippen LogP contribution in [0.25, 0.3) is 0 Å². The molecule has 0 aromatic heterocycles. The Morgan fingerprint density at radius 2 is 0.780 bits per heavy atom. The molecule has 0 aromatic carbocycles. The SMILES string of the molecule is CCCC/C=C/CC/C=C/C(O)C(COC1OC(CO)C(OC2OC(CO)C(O)C(O)C2O)C(O)C1O)NC(=O)CCCCCCCCCCCCCCCCCCCCCCCCCCCCCCCCCCCCCCCCCC. The van der Waals surface area contributed by atoms with Gasteiger partial charge in [-0.15, -0.1) is 0 Å². The molecule has 0 bridgehead atoms. The quantitative estimate of drug-likeness (QED) is 0.0204. The molecule has 2 saturated heterocycles. The van der Waals surface area contributed by atoms with Gasteiger partial charge in [-0.05, 0) is 25.7 Å². The minimum Gasteiger partial charge on any atom is -0.394 e. The predicted molar refractivity (Wildman–Crippen MR) is 332 cm³/mol. The molecule has 14 nitrogen and oxygen atoms in total. The van der Waals surface area contributed by atoms with Gasteiger partial charge in [-0.3, -0.25) is 4.79 Å². The first-order valence-corrected chi connectivity index (χ1v) is 34.6. The van der Waals surface area contributed by atoms with E-state index in [0.717, 1.165) is 44.9 Å². The summed E-state index contributed by atoms with van der Waals surface area (Å²) in [6, 6.07) is -0.926. The number of hydrogen-bond donors (Lipinski definition) is 9. The highest BCUT2D eigenvalue weighted by Crippen LogP contribution is 2.30. The normalized spacial score (nSPS) is 24.0. The summed E-state index contributed by atoms with van der Waals surface area (Å²) in [6.07, 6.45) is 50.5. The summed E-state index contributed by atoms with van der Waals surface area (Å²) in [4.78, 5) is 13.2. The van der Waals surface area contributed by atoms with Gasteiger partial charge < -0.3 is 65.1 Å². The Morgan fingerprint density at radius 3 is 1.18 bits per heavy atom. The molecule has 12 atom stereocenters. The highest BCUT2D eigenvalue weighted by molar-refractivity contribution is 5.76. The Bertz CT molecular complexity index is 1470. The average molecular weight is 1170 g/mol. The molecule has 1 amide bonds. The fourth-order valence-electron chi connectivity index (χ4n) is 11.6. The lowest BCUT2D eigenvalue weighted by molar-refractivity contribution is -0.359. The minimum atomic E-state index is -1.79. The van der Waals surface area contributed by atoms with Gasteiger partial charge in [0, 0.05) is 6.42 Å². The van der Waals surface area contributed by atoms with Crippen molar-refractivity contribution in [2.45, 2.75) is 383 Å². The molecule has 2 rings (SSSR count). The molecular weight excluding hydrogens is 1040 g/mol. The van der Waals surface area contributed by atoms with Crippen molar-refractivity contribution in [1.29, 1.82) is 0 Å². The fourth-order valence-corrected chi connectivity index (χ4v) is 11.6. The Morgan fingerprint density at radius 1 is 0.427 bits per heavy atom. The maximum absolute atomic E-state index is 13.2. The Hall–Kier alpha value is -1.53. The summed E-state index contributed by atoms with van der Waals surface area (Å²) in [6.45, 7) is 2.72. The van der Waals surface area contributed by atoms with Crippen molar-refractivity contribution >= 4 is 5.91 Å². The lowest BCUT2D eigenvalue weighted by Gasteiger charge is -2.46. The lowest BCUT2D eigenvalue weighted by atomic mass is 9.97. The second kappa shape index (κ2) is 53.7. The predicted octanol–water partition coefficient (Wildman–Crippen LogP) is 13.6. The number of ether oxygens (including phenoxy) is 4. The van der Waals surface area contributed by atoms with Gasteiger partial charge >= 0.3 is 0 Å². The molecule has 0 radical (unpaired) electrons. The monoisotopic (exact) mass is 1170 g/mol. The number of aliphatic hydroxyl groups excluding tert-OH is 8. The number of amides is 1. The summed E-state index contributed by atoms with van der Waals surface area (Å²) < 4.78 is 22.7. The van der Waals surface area contributed by atoms with Gasteiger partial charge in [0.25, 0.3) is 0 Å². The van der Waals surface area contributed by atoms with E-state index < -0.39 is 86.8 Å². The van der Waals surface area contributed by atoms with Gasteiger partial charge in [-0.1, -0.05) is 301 Å². The van der Waals surface area contributed by atoms with E-state index in [9.17, 15) is 45.6 Å². The van der Waals surface area contributed by atoms with Crippen LogP contribution in [0.15, 0.2) is 24.3 Å². The standard InChI is InChI=1S/C68H129NO13/c1-3-5-7-9-11-13-14-15-16-17-18-19-20-21-22-23-24-25-26-27-28-29-30-31-32-33-34-35-36-37-38-39-40-41-42-43-44-46-48-50-52-60(73)69-56(57(72)51-49-47-45-12-10-8-6-4-2)55-79-67-65(78)63(76)66(59(54-71)81-67)82-68-64(77)62(75)61(74)58(53-70)80-68/h10,12,49,51,56-59,61-68,70-72,74-78H,3-9,11,13-48,50,52-55H2,1-2H3,(H,69,73)/b12-10+,51-49+. The third-order valence-electron chi connectivity index (χ3n) is 17.1. The molecule has 9 N–H and O–H groups in total. The van der Waals surface area contributed by atoms with Gasteiger partial charge in [0.15, 0.2) is 12.6 Å². The second-order valence-corrected chi connectivity index (χ2v) is 24.7. The molecule has 2 fully saturated rings. The summed E-state index contributed by atoms with van der Waals surface area (Å²) >= 11 is 0. The van der Waals surface area contributed by atoms with E-state index in [1.165, 1.54) is 231 Å². The van der Waals surface area contributed by atoms with Crippen LogP contribution in [0, 0.1) is 0 Å². The van der Waals surface area contributed by atoms with Gasteiger partial charge in [-0.2, -0.15) is 0 Å². The van der Waals surface area contributed by atoms with Crippen LogP contribution >= 0.6 is 0 Å². The van der Waals surface area contributed by atoms with E-state index in [0.29, 0.717) is 12.8 Å². The molecule has 0 aromatic rings. The summed E-state index contributed by atoms with van der Waals surface area (Å²) in [7, 11) is 0. The van der Waals surface area contributed by atoms with E-state index in [1.807, 2.05) is 6.08 Å². The topological polar surface area (TPSA) is 228 Å². The summed E-state index contributed by atoms with van der Waals surface area (Å²) in [5.74, 6) is -0.247. The highest BCUT2D eigenvalue weighted by Gasteiger charge is 2.51. The van der Waals surface area contributed by atoms with Crippen LogP contribution in [0.5, 0.6) is 0 Å². The molecular formula is C68H129NO13. The van der Waals surface area contributed by atoms with Crippen LogP contribution in [-0.4, -0.2) is 140 Å². The largest absolute Gasteiger partial charge is 0.394 e. The van der Waals surface area contributed by atoms with Gasteiger partial charge in [0.2, 0.25) is 5.91 Å². The van der Waals surface area contributed by atoms with E-state index in [4.69, 9.17) is 18.9 Å². The number of hydrogen-bond acceptors (Lipinski definition) is 13. The van der Waals surface area contributed by atoms with Crippen molar-refractivity contribution in [2.24, 2.45) is 0 Å². The van der Waals surface area contributed by atoms with E-state index in [-0.39, 0.29) is 18.9 Å².